The van der Waals surface area contributed by atoms with Gasteiger partial charge in [0.2, 0.25) is 6.29 Å². The van der Waals surface area contributed by atoms with Gasteiger partial charge in [0.1, 0.15) is 24.1 Å². The molecule has 1 aliphatic rings. The zero-order valence-electron chi connectivity index (χ0n) is 12.8. The first-order valence-corrected chi connectivity index (χ1v) is 7.62. The van der Waals surface area contributed by atoms with E-state index in [1.807, 2.05) is 12.1 Å². The van der Waals surface area contributed by atoms with Crippen LogP contribution < -0.4 is 4.74 Å². The Kier molecular flexibility index (Phi) is 5.95. The highest BCUT2D eigenvalue weighted by Crippen LogP contribution is 2.25. The van der Waals surface area contributed by atoms with Crippen LogP contribution in [0.1, 0.15) is 25.3 Å². The molecule has 128 valence electrons. The minimum absolute atomic E-state index is 0.377. The SMILES string of the molecule is CCCCc1ccc(OC2O[C@H](C(=O)O)[C@@H](O)[C@H](O)[C@H]2O)cc1. The van der Waals surface area contributed by atoms with E-state index in [9.17, 15) is 20.1 Å². The van der Waals surface area contributed by atoms with E-state index in [-0.39, 0.29) is 0 Å². The topological polar surface area (TPSA) is 116 Å². The molecule has 1 aromatic rings. The third-order valence-electron chi connectivity index (χ3n) is 3.81. The summed E-state index contributed by atoms with van der Waals surface area (Å²) in [5.74, 6) is -1.06. The van der Waals surface area contributed by atoms with Gasteiger partial charge >= 0.3 is 5.97 Å². The van der Waals surface area contributed by atoms with Gasteiger partial charge in [0.25, 0.3) is 0 Å². The monoisotopic (exact) mass is 326 g/mol. The van der Waals surface area contributed by atoms with E-state index in [1.165, 1.54) is 0 Å². The summed E-state index contributed by atoms with van der Waals surface area (Å²) in [6.07, 6.45) is -4.87. The first-order chi connectivity index (χ1) is 10.9. The van der Waals surface area contributed by atoms with Gasteiger partial charge < -0.3 is 29.9 Å². The van der Waals surface area contributed by atoms with Gasteiger partial charge in [0, 0.05) is 0 Å². The van der Waals surface area contributed by atoms with E-state index < -0.39 is 36.7 Å². The van der Waals surface area contributed by atoms with Gasteiger partial charge in [0.05, 0.1) is 0 Å². The van der Waals surface area contributed by atoms with Crippen molar-refractivity contribution < 1.29 is 34.7 Å². The Balaban J connectivity index is 2.04. The second-order valence-corrected chi connectivity index (χ2v) is 5.60. The van der Waals surface area contributed by atoms with Crippen LogP contribution in [0.5, 0.6) is 5.75 Å². The summed E-state index contributed by atoms with van der Waals surface area (Å²) in [6.45, 7) is 2.11. The highest BCUT2D eigenvalue weighted by atomic mass is 16.7. The third-order valence-corrected chi connectivity index (χ3v) is 3.81. The number of carbonyl (C=O) groups is 1. The average molecular weight is 326 g/mol. The standard InChI is InChI=1S/C16H22O7/c1-2-3-4-9-5-7-10(8-6-9)22-16-13(19)11(17)12(18)14(23-16)15(20)21/h5-8,11-14,16-19H,2-4H2,1H3,(H,20,21)/t11-,12-,13+,14-,16?/m0/s1. The predicted octanol–water partition coefficient (Wildman–Crippen LogP) is 0.300. The van der Waals surface area contributed by atoms with Crippen LogP contribution >= 0.6 is 0 Å². The number of aliphatic hydroxyl groups is 3. The highest BCUT2D eigenvalue weighted by molar-refractivity contribution is 5.73. The molecule has 0 amide bonds. The van der Waals surface area contributed by atoms with E-state index in [4.69, 9.17) is 14.6 Å². The highest BCUT2D eigenvalue weighted by Gasteiger charge is 2.48. The molecular weight excluding hydrogens is 304 g/mol. The second kappa shape index (κ2) is 7.74. The van der Waals surface area contributed by atoms with Gasteiger partial charge in [-0.3, -0.25) is 0 Å². The van der Waals surface area contributed by atoms with Crippen LogP contribution in [0.15, 0.2) is 24.3 Å². The lowest BCUT2D eigenvalue weighted by molar-refractivity contribution is -0.271. The average Bonchev–Trinajstić information content (AvgIpc) is 2.54. The fourth-order valence-corrected chi connectivity index (χ4v) is 2.40. The molecule has 4 N–H and O–H groups in total. The number of carboxylic acid groups (broad SMARTS) is 1. The number of ether oxygens (including phenoxy) is 2. The summed E-state index contributed by atoms with van der Waals surface area (Å²) < 4.78 is 10.5. The Labute approximate surface area is 134 Å². The molecule has 2 rings (SSSR count). The molecule has 23 heavy (non-hydrogen) atoms. The van der Waals surface area contributed by atoms with Gasteiger partial charge in [-0.1, -0.05) is 25.5 Å². The van der Waals surface area contributed by atoms with E-state index in [0.29, 0.717) is 5.75 Å². The molecule has 0 aromatic heterocycles. The first-order valence-electron chi connectivity index (χ1n) is 7.62. The molecule has 5 atom stereocenters. The third kappa shape index (κ3) is 4.20. The summed E-state index contributed by atoms with van der Waals surface area (Å²) in [5.41, 5.74) is 1.14. The molecule has 7 nitrogen and oxygen atoms in total. The molecule has 0 aliphatic carbocycles. The normalized spacial score (nSPS) is 30.9. The van der Waals surface area contributed by atoms with Crippen molar-refractivity contribution in [1.29, 1.82) is 0 Å². The number of hydrogen-bond acceptors (Lipinski definition) is 6. The number of carboxylic acids is 1. The smallest absolute Gasteiger partial charge is 0.335 e. The maximum atomic E-state index is 11.0. The number of aliphatic carboxylic acids is 1. The van der Waals surface area contributed by atoms with Crippen molar-refractivity contribution in [2.24, 2.45) is 0 Å². The minimum atomic E-state index is -1.72. The summed E-state index contributed by atoms with van der Waals surface area (Å²) >= 11 is 0. The van der Waals surface area contributed by atoms with E-state index in [0.717, 1.165) is 24.8 Å². The molecule has 0 saturated carbocycles. The molecule has 0 radical (unpaired) electrons. The number of aliphatic hydroxyl groups excluding tert-OH is 3. The maximum Gasteiger partial charge on any atom is 0.335 e. The van der Waals surface area contributed by atoms with Crippen LogP contribution in [0, 0.1) is 0 Å². The van der Waals surface area contributed by atoms with Crippen LogP contribution in [0.25, 0.3) is 0 Å². The van der Waals surface area contributed by atoms with E-state index in [2.05, 4.69) is 6.92 Å². The Bertz CT molecular complexity index is 516. The Morgan fingerprint density at radius 3 is 2.35 bits per heavy atom. The van der Waals surface area contributed by atoms with Gasteiger partial charge in [-0.05, 0) is 30.5 Å². The van der Waals surface area contributed by atoms with Crippen LogP contribution in [0.2, 0.25) is 0 Å². The number of benzene rings is 1. The molecule has 1 saturated heterocycles. The lowest BCUT2D eigenvalue weighted by atomic mass is 9.99. The lowest BCUT2D eigenvalue weighted by Crippen LogP contribution is -2.61. The summed E-state index contributed by atoms with van der Waals surface area (Å²) in [4.78, 5) is 11.0. The molecule has 1 heterocycles. The van der Waals surface area contributed by atoms with Crippen LogP contribution in [-0.2, 0) is 16.0 Å². The number of aryl methyl sites for hydroxylation is 1. The van der Waals surface area contributed by atoms with Gasteiger partial charge in [-0.25, -0.2) is 4.79 Å². The predicted molar refractivity (Wildman–Crippen MR) is 80.0 cm³/mol. The van der Waals surface area contributed by atoms with Crippen molar-refractivity contribution >= 4 is 5.97 Å². The number of rotatable bonds is 6. The Morgan fingerprint density at radius 1 is 1.13 bits per heavy atom. The maximum absolute atomic E-state index is 11.0. The van der Waals surface area contributed by atoms with Gasteiger partial charge in [-0.15, -0.1) is 0 Å². The molecule has 0 bridgehead atoms. The fourth-order valence-electron chi connectivity index (χ4n) is 2.40. The number of hydrogen-bond donors (Lipinski definition) is 4. The molecule has 1 aromatic carbocycles. The molecule has 1 aliphatic heterocycles. The van der Waals surface area contributed by atoms with E-state index >= 15 is 0 Å². The quantitative estimate of drug-likeness (QED) is 0.594. The zero-order chi connectivity index (χ0) is 17.0. The zero-order valence-corrected chi connectivity index (χ0v) is 12.8. The second-order valence-electron chi connectivity index (χ2n) is 5.60. The van der Waals surface area contributed by atoms with Crippen molar-refractivity contribution in [3.05, 3.63) is 29.8 Å². The molecule has 0 spiro atoms. The Hall–Kier alpha value is -1.67. The first kappa shape index (κ1) is 17.7. The molecule has 1 unspecified atom stereocenters. The minimum Gasteiger partial charge on any atom is -0.479 e. The van der Waals surface area contributed by atoms with Gasteiger partial charge in [0.15, 0.2) is 6.10 Å². The van der Waals surface area contributed by atoms with Crippen molar-refractivity contribution in [3.63, 3.8) is 0 Å². The summed E-state index contributed by atoms with van der Waals surface area (Å²) in [6, 6.07) is 7.13. The van der Waals surface area contributed by atoms with Crippen molar-refractivity contribution in [2.45, 2.75) is 56.9 Å². The fraction of sp³-hybridized carbons (Fsp3) is 0.562. The largest absolute Gasteiger partial charge is 0.479 e. The lowest BCUT2D eigenvalue weighted by Gasteiger charge is -2.38. The molecule has 1 fully saturated rings. The van der Waals surface area contributed by atoms with Crippen LogP contribution in [-0.4, -0.2) is 57.1 Å². The summed E-state index contributed by atoms with van der Waals surface area (Å²) in [7, 11) is 0. The number of unbranched alkanes of at least 4 members (excludes halogenated alkanes) is 1. The molecule has 7 heteroatoms. The molecular formula is C16H22O7. The Morgan fingerprint density at radius 2 is 1.78 bits per heavy atom. The summed E-state index contributed by atoms with van der Waals surface area (Å²) in [5, 5.41) is 38.2. The van der Waals surface area contributed by atoms with Crippen molar-refractivity contribution in [2.75, 3.05) is 0 Å². The van der Waals surface area contributed by atoms with Gasteiger partial charge in [-0.2, -0.15) is 0 Å². The van der Waals surface area contributed by atoms with Crippen LogP contribution in [0.4, 0.5) is 0 Å². The van der Waals surface area contributed by atoms with Crippen molar-refractivity contribution in [1.82, 2.24) is 0 Å². The van der Waals surface area contributed by atoms with E-state index in [1.54, 1.807) is 12.1 Å². The van der Waals surface area contributed by atoms with Crippen LogP contribution in [0.3, 0.4) is 0 Å². The van der Waals surface area contributed by atoms with Crippen molar-refractivity contribution in [3.8, 4) is 5.75 Å².